The van der Waals surface area contributed by atoms with Crippen LogP contribution in [0.3, 0.4) is 0 Å². The van der Waals surface area contributed by atoms with E-state index in [-0.39, 0.29) is 29.7 Å². The van der Waals surface area contributed by atoms with Gasteiger partial charge in [0.05, 0.1) is 6.61 Å². The molecule has 1 unspecified atom stereocenters. The van der Waals surface area contributed by atoms with Gasteiger partial charge in [-0.2, -0.15) is 11.8 Å². The van der Waals surface area contributed by atoms with Crippen molar-refractivity contribution in [3.63, 3.8) is 0 Å². The van der Waals surface area contributed by atoms with Gasteiger partial charge in [-0.05, 0) is 19.1 Å². The van der Waals surface area contributed by atoms with E-state index in [2.05, 4.69) is 11.6 Å². The Morgan fingerprint density at radius 2 is 2.17 bits per heavy atom. The lowest BCUT2D eigenvalue weighted by atomic mass is 9.99. The van der Waals surface area contributed by atoms with Crippen molar-refractivity contribution < 1.29 is 14.3 Å². The summed E-state index contributed by atoms with van der Waals surface area (Å²) in [6, 6.07) is -0.584. The summed E-state index contributed by atoms with van der Waals surface area (Å²) in [5, 5.41) is 2.91. The van der Waals surface area contributed by atoms with Crippen LogP contribution in [0.1, 0.15) is 12.8 Å². The van der Waals surface area contributed by atoms with E-state index < -0.39 is 6.04 Å². The van der Waals surface area contributed by atoms with Crippen LogP contribution in [0.2, 0.25) is 0 Å². The van der Waals surface area contributed by atoms with Crippen molar-refractivity contribution in [2.75, 3.05) is 39.7 Å². The van der Waals surface area contributed by atoms with Crippen LogP contribution in [0.15, 0.2) is 0 Å². The fourth-order valence-electron chi connectivity index (χ4n) is 1.83. The first-order valence-corrected chi connectivity index (χ1v) is 7.01. The molecule has 3 N–H and O–H groups in total. The average Bonchev–Trinajstić information content (AvgIpc) is 2.37. The third kappa shape index (κ3) is 5.32. The van der Waals surface area contributed by atoms with Crippen LogP contribution in [0, 0.1) is 0 Å². The summed E-state index contributed by atoms with van der Waals surface area (Å²) in [7, 11) is 1.54. The molecular weight excluding hydrogens is 276 g/mol. The van der Waals surface area contributed by atoms with Gasteiger partial charge < -0.3 is 20.5 Å². The fourth-order valence-corrected chi connectivity index (χ4v) is 2.62. The molecule has 1 amide bonds. The Labute approximate surface area is 119 Å². The minimum Gasteiger partial charge on any atom is -0.383 e. The molecule has 108 valence electrons. The van der Waals surface area contributed by atoms with Crippen LogP contribution in [0.25, 0.3) is 0 Å². The predicted molar refractivity (Wildman–Crippen MR) is 76.4 cm³/mol. The number of nitrogens with two attached hydrogens (primary N) is 1. The van der Waals surface area contributed by atoms with Crippen molar-refractivity contribution in [2.45, 2.75) is 23.6 Å². The fraction of sp³-hybridized carbons (Fsp3) is 0.909. The van der Waals surface area contributed by atoms with Gasteiger partial charge in [0.1, 0.15) is 6.04 Å². The van der Waals surface area contributed by atoms with Crippen LogP contribution in [0.4, 0.5) is 0 Å². The highest BCUT2D eigenvalue weighted by molar-refractivity contribution is 8.00. The Kier molecular flexibility index (Phi) is 8.98. The van der Waals surface area contributed by atoms with Crippen LogP contribution in [0.5, 0.6) is 0 Å². The molecule has 0 aromatic carbocycles. The normalized spacial score (nSPS) is 19.7. The summed E-state index contributed by atoms with van der Waals surface area (Å²) in [6.07, 6.45) is 4.01. The zero-order valence-electron chi connectivity index (χ0n) is 10.9. The maximum Gasteiger partial charge on any atom is 0.239 e. The maximum absolute atomic E-state index is 11.7. The number of nitrogens with one attached hydrogen (secondary N) is 1. The molecule has 0 spiro atoms. The standard InChI is InChI=1S/C11H22N2O3S.ClH/c1-15-7-9(12)10(14)13-8-11(17-2)3-5-16-6-4-11;/h9H,3-8,12H2,1-2H3,(H,13,14);1H. The van der Waals surface area contributed by atoms with Gasteiger partial charge in [0.2, 0.25) is 5.91 Å². The van der Waals surface area contributed by atoms with E-state index in [0.717, 1.165) is 26.1 Å². The second-order valence-corrected chi connectivity index (χ2v) is 5.55. The molecule has 0 aromatic heterocycles. The van der Waals surface area contributed by atoms with E-state index in [9.17, 15) is 4.79 Å². The molecule has 7 heteroatoms. The molecule has 0 aromatic rings. The second-order valence-electron chi connectivity index (χ2n) is 4.28. The van der Waals surface area contributed by atoms with Crippen LogP contribution in [-0.4, -0.2) is 56.4 Å². The number of ether oxygens (including phenoxy) is 2. The predicted octanol–water partition coefficient (Wildman–Crippen LogP) is 0.410. The summed E-state index contributed by atoms with van der Waals surface area (Å²) in [5.74, 6) is -0.147. The van der Waals surface area contributed by atoms with Gasteiger partial charge in [0.25, 0.3) is 0 Å². The van der Waals surface area contributed by atoms with Crippen molar-refractivity contribution >= 4 is 30.1 Å². The van der Waals surface area contributed by atoms with E-state index in [1.807, 2.05) is 0 Å². The Bertz CT molecular complexity index is 250. The minimum atomic E-state index is -0.584. The average molecular weight is 299 g/mol. The third-order valence-electron chi connectivity index (χ3n) is 3.10. The number of rotatable bonds is 6. The van der Waals surface area contributed by atoms with Gasteiger partial charge in [-0.3, -0.25) is 4.79 Å². The van der Waals surface area contributed by atoms with E-state index in [1.165, 1.54) is 7.11 Å². The summed E-state index contributed by atoms with van der Waals surface area (Å²) < 4.78 is 10.3. The number of hydrogen-bond acceptors (Lipinski definition) is 5. The second kappa shape index (κ2) is 8.98. The molecule has 1 rings (SSSR count). The highest BCUT2D eigenvalue weighted by Crippen LogP contribution is 2.32. The molecule has 1 heterocycles. The number of amides is 1. The highest BCUT2D eigenvalue weighted by atomic mass is 35.5. The molecule has 0 saturated carbocycles. The largest absolute Gasteiger partial charge is 0.383 e. The zero-order valence-corrected chi connectivity index (χ0v) is 12.6. The van der Waals surface area contributed by atoms with E-state index in [4.69, 9.17) is 15.2 Å². The van der Waals surface area contributed by atoms with Crippen molar-refractivity contribution in [2.24, 2.45) is 5.73 Å². The monoisotopic (exact) mass is 298 g/mol. The molecule has 1 aliphatic heterocycles. The molecule has 1 fully saturated rings. The van der Waals surface area contributed by atoms with Crippen molar-refractivity contribution in [1.29, 1.82) is 0 Å². The quantitative estimate of drug-likeness (QED) is 0.743. The zero-order chi connectivity index (χ0) is 12.7. The first kappa shape index (κ1) is 18.0. The molecule has 0 radical (unpaired) electrons. The Hall–Kier alpha value is -0.0100. The van der Waals surface area contributed by atoms with Crippen molar-refractivity contribution in [3.8, 4) is 0 Å². The van der Waals surface area contributed by atoms with Gasteiger partial charge in [0, 0.05) is 31.6 Å². The third-order valence-corrected chi connectivity index (χ3v) is 4.52. The summed E-state index contributed by atoms with van der Waals surface area (Å²) in [5.41, 5.74) is 5.66. The van der Waals surface area contributed by atoms with Gasteiger partial charge in [-0.25, -0.2) is 0 Å². The molecule has 1 aliphatic rings. The van der Waals surface area contributed by atoms with Gasteiger partial charge in [-0.15, -0.1) is 12.4 Å². The maximum atomic E-state index is 11.7. The lowest BCUT2D eigenvalue weighted by Gasteiger charge is -2.35. The van der Waals surface area contributed by atoms with Gasteiger partial charge >= 0.3 is 0 Å². The molecule has 1 saturated heterocycles. The van der Waals surface area contributed by atoms with Gasteiger partial charge in [-0.1, -0.05) is 0 Å². The molecule has 18 heavy (non-hydrogen) atoms. The van der Waals surface area contributed by atoms with E-state index in [0.29, 0.717) is 6.54 Å². The van der Waals surface area contributed by atoms with E-state index >= 15 is 0 Å². The van der Waals surface area contributed by atoms with Gasteiger partial charge in [0.15, 0.2) is 0 Å². The van der Waals surface area contributed by atoms with Crippen molar-refractivity contribution in [3.05, 3.63) is 0 Å². The number of halogens is 1. The lowest BCUT2D eigenvalue weighted by molar-refractivity contribution is -0.123. The number of carbonyl (C=O) groups is 1. The topological polar surface area (TPSA) is 73.6 Å². The summed E-state index contributed by atoms with van der Waals surface area (Å²) in [6.45, 7) is 2.43. The molecule has 1 atom stereocenters. The summed E-state index contributed by atoms with van der Waals surface area (Å²) in [4.78, 5) is 11.7. The Balaban J connectivity index is 0.00000289. The minimum absolute atomic E-state index is 0. The van der Waals surface area contributed by atoms with Crippen molar-refractivity contribution in [1.82, 2.24) is 5.32 Å². The smallest absolute Gasteiger partial charge is 0.239 e. The van der Waals surface area contributed by atoms with E-state index in [1.54, 1.807) is 11.8 Å². The Morgan fingerprint density at radius 3 is 2.67 bits per heavy atom. The van der Waals surface area contributed by atoms with Crippen LogP contribution in [-0.2, 0) is 14.3 Å². The highest BCUT2D eigenvalue weighted by Gasteiger charge is 2.32. The Morgan fingerprint density at radius 1 is 1.56 bits per heavy atom. The summed E-state index contributed by atoms with van der Waals surface area (Å²) >= 11 is 1.79. The molecule has 0 aliphatic carbocycles. The molecule has 0 bridgehead atoms. The first-order valence-electron chi connectivity index (χ1n) is 5.79. The van der Waals surface area contributed by atoms with Crippen LogP contribution < -0.4 is 11.1 Å². The number of methoxy groups -OCH3 is 1. The number of thioether (sulfide) groups is 1. The number of carbonyl (C=O) groups excluding carboxylic acids is 1. The lowest BCUT2D eigenvalue weighted by Crippen LogP contribution is -2.50. The molecular formula is C11H23ClN2O3S. The van der Waals surface area contributed by atoms with Crippen LogP contribution >= 0.6 is 24.2 Å². The first-order chi connectivity index (χ1) is 8.13. The SMILES string of the molecule is COCC(N)C(=O)NCC1(SC)CCOCC1.Cl. The number of hydrogen-bond donors (Lipinski definition) is 2. The molecule has 5 nitrogen and oxygen atoms in total.